The van der Waals surface area contributed by atoms with Crippen molar-refractivity contribution in [1.29, 1.82) is 5.26 Å². The Kier molecular flexibility index (Phi) is 4.37. The minimum atomic E-state index is -0.0924. The third kappa shape index (κ3) is 3.15. The first-order chi connectivity index (χ1) is 9.43. The van der Waals surface area contributed by atoms with Crippen molar-refractivity contribution in [3.05, 3.63) is 21.6 Å². The molecule has 1 heterocycles. The summed E-state index contributed by atoms with van der Waals surface area (Å²) in [4.78, 5) is 12.6. The van der Waals surface area contributed by atoms with E-state index >= 15 is 0 Å². The molecule has 0 radical (unpaired) electrons. The molecule has 1 fully saturated rings. The number of nitrogens with zero attached hydrogens (tertiary/aromatic N) is 2. The molecular formula is C16H25N3O. The Hall–Kier alpha value is -1.50. The summed E-state index contributed by atoms with van der Waals surface area (Å²) in [5, 5.41) is 12.1. The number of hydrogen-bond donors (Lipinski definition) is 1. The Balaban J connectivity index is 2.31. The van der Waals surface area contributed by atoms with E-state index < -0.39 is 0 Å². The Bertz CT molecular complexity index is 548. The molecule has 1 aromatic rings. The number of aromatic amines is 1. The summed E-state index contributed by atoms with van der Waals surface area (Å²) in [5.74, 6) is 0.628. The predicted molar refractivity (Wildman–Crippen MR) is 79.6 cm³/mol. The van der Waals surface area contributed by atoms with Crippen LogP contribution < -0.4 is 5.56 Å². The number of aromatic nitrogens is 2. The lowest BCUT2D eigenvalue weighted by Crippen LogP contribution is -2.22. The fourth-order valence-electron chi connectivity index (χ4n) is 3.14. The Morgan fingerprint density at radius 3 is 2.55 bits per heavy atom. The average molecular weight is 275 g/mol. The zero-order valence-corrected chi connectivity index (χ0v) is 12.8. The van der Waals surface area contributed by atoms with Gasteiger partial charge in [0.15, 0.2) is 0 Å². The normalized spacial score (nSPS) is 16.5. The highest BCUT2D eigenvalue weighted by Crippen LogP contribution is 2.27. The molecule has 0 aromatic carbocycles. The van der Waals surface area contributed by atoms with E-state index in [9.17, 15) is 4.79 Å². The van der Waals surface area contributed by atoms with Crippen LogP contribution in [-0.2, 0) is 18.4 Å². The van der Waals surface area contributed by atoms with Gasteiger partial charge < -0.3 is 0 Å². The van der Waals surface area contributed by atoms with Gasteiger partial charge in [0.05, 0.1) is 6.07 Å². The lowest BCUT2D eigenvalue weighted by molar-refractivity contribution is 0.413. The lowest BCUT2D eigenvalue weighted by atomic mass is 9.88. The Morgan fingerprint density at radius 1 is 1.35 bits per heavy atom. The van der Waals surface area contributed by atoms with Crippen LogP contribution >= 0.6 is 0 Å². The topological polar surface area (TPSA) is 61.6 Å². The zero-order valence-electron chi connectivity index (χ0n) is 12.8. The first-order valence-electron chi connectivity index (χ1n) is 7.62. The van der Waals surface area contributed by atoms with Crippen molar-refractivity contribution in [2.75, 3.05) is 0 Å². The van der Waals surface area contributed by atoms with Crippen LogP contribution in [0.25, 0.3) is 0 Å². The molecular weight excluding hydrogens is 250 g/mol. The summed E-state index contributed by atoms with van der Waals surface area (Å²) in [5.41, 5.74) is 1.79. The van der Waals surface area contributed by atoms with Crippen LogP contribution in [0.3, 0.4) is 0 Å². The summed E-state index contributed by atoms with van der Waals surface area (Å²) < 4.78 is 1.78. The quantitative estimate of drug-likeness (QED) is 0.917. The molecule has 20 heavy (non-hydrogen) atoms. The molecule has 4 heteroatoms. The molecule has 1 aromatic heterocycles. The molecule has 0 saturated heterocycles. The number of H-pyrrole nitrogens is 1. The van der Waals surface area contributed by atoms with Crippen LogP contribution in [0.2, 0.25) is 0 Å². The number of hydrogen-bond acceptors (Lipinski definition) is 2. The van der Waals surface area contributed by atoms with E-state index in [1.807, 2.05) is 0 Å². The average Bonchev–Trinajstić information content (AvgIpc) is 2.97. The molecule has 1 aliphatic rings. The number of nitriles is 1. The molecule has 1 saturated carbocycles. The van der Waals surface area contributed by atoms with Crippen LogP contribution in [0.1, 0.15) is 64.1 Å². The third-order valence-corrected chi connectivity index (χ3v) is 4.20. The van der Waals surface area contributed by atoms with E-state index in [-0.39, 0.29) is 11.0 Å². The van der Waals surface area contributed by atoms with Crippen molar-refractivity contribution >= 4 is 0 Å². The van der Waals surface area contributed by atoms with Gasteiger partial charge in [-0.25, -0.2) is 0 Å². The second-order valence-corrected chi connectivity index (χ2v) is 6.94. The van der Waals surface area contributed by atoms with E-state index in [2.05, 4.69) is 31.9 Å². The molecule has 0 unspecified atom stereocenters. The Morgan fingerprint density at radius 2 is 2.00 bits per heavy atom. The van der Waals surface area contributed by atoms with Crippen molar-refractivity contribution in [2.24, 2.45) is 5.92 Å². The summed E-state index contributed by atoms with van der Waals surface area (Å²) in [6.45, 7) is 7.12. The molecule has 0 atom stereocenters. The van der Waals surface area contributed by atoms with Crippen LogP contribution in [0, 0.1) is 17.2 Å². The van der Waals surface area contributed by atoms with Gasteiger partial charge in [0.25, 0.3) is 5.56 Å². The van der Waals surface area contributed by atoms with E-state index in [1.54, 1.807) is 4.68 Å². The van der Waals surface area contributed by atoms with E-state index in [1.165, 1.54) is 25.7 Å². The van der Waals surface area contributed by atoms with Gasteiger partial charge in [0.1, 0.15) is 0 Å². The smallest absolute Gasteiger partial charge is 0.269 e. The standard InChI is InChI=1S/C16H25N3O/c1-16(2,3)14-13(9-6-10-17)15(20)19(18-14)11-12-7-4-5-8-12/h12,18H,4-9,11H2,1-3H3. The summed E-state index contributed by atoms with van der Waals surface area (Å²) in [6, 6.07) is 2.14. The predicted octanol–water partition coefficient (Wildman–Crippen LogP) is 3.12. The first-order valence-corrected chi connectivity index (χ1v) is 7.62. The van der Waals surface area contributed by atoms with Crippen LogP contribution in [-0.4, -0.2) is 9.78 Å². The highest BCUT2D eigenvalue weighted by atomic mass is 16.1. The molecule has 1 N–H and O–H groups in total. The van der Waals surface area contributed by atoms with E-state index in [4.69, 9.17) is 5.26 Å². The van der Waals surface area contributed by atoms with Gasteiger partial charge in [-0.3, -0.25) is 14.6 Å². The maximum atomic E-state index is 12.6. The molecule has 4 nitrogen and oxygen atoms in total. The Labute approximate surface area is 120 Å². The van der Waals surface area contributed by atoms with Crippen molar-refractivity contribution in [1.82, 2.24) is 9.78 Å². The van der Waals surface area contributed by atoms with Gasteiger partial charge in [-0.15, -0.1) is 0 Å². The van der Waals surface area contributed by atoms with Gasteiger partial charge in [-0.2, -0.15) is 5.26 Å². The van der Waals surface area contributed by atoms with Gasteiger partial charge in [-0.05, 0) is 25.2 Å². The lowest BCUT2D eigenvalue weighted by Gasteiger charge is -2.18. The monoisotopic (exact) mass is 275 g/mol. The van der Waals surface area contributed by atoms with Crippen LogP contribution in [0.15, 0.2) is 4.79 Å². The zero-order chi connectivity index (χ0) is 14.8. The van der Waals surface area contributed by atoms with Crippen molar-refractivity contribution in [3.63, 3.8) is 0 Å². The summed E-state index contributed by atoms with van der Waals surface area (Å²) in [6.07, 6.45) is 5.98. The third-order valence-electron chi connectivity index (χ3n) is 4.20. The maximum absolute atomic E-state index is 12.6. The second kappa shape index (κ2) is 5.87. The number of rotatable bonds is 4. The van der Waals surface area contributed by atoms with Gasteiger partial charge >= 0.3 is 0 Å². The summed E-state index contributed by atoms with van der Waals surface area (Å²) in [7, 11) is 0. The number of nitrogens with one attached hydrogen (secondary N) is 1. The highest BCUT2D eigenvalue weighted by Gasteiger charge is 2.25. The minimum absolute atomic E-state index is 0.0806. The van der Waals surface area contributed by atoms with Gasteiger partial charge in [0.2, 0.25) is 0 Å². The van der Waals surface area contributed by atoms with Gasteiger partial charge in [0, 0.05) is 29.6 Å². The largest absolute Gasteiger partial charge is 0.299 e. The van der Waals surface area contributed by atoms with Crippen molar-refractivity contribution < 1.29 is 0 Å². The SMILES string of the molecule is CC(C)(C)c1[nH]n(CC2CCCC2)c(=O)c1CCC#N. The second-order valence-electron chi connectivity index (χ2n) is 6.94. The molecule has 0 bridgehead atoms. The minimum Gasteiger partial charge on any atom is -0.299 e. The molecule has 0 aliphatic heterocycles. The van der Waals surface area contributed by atoms with E-state index in [0.717, 1.165) is 17.8 Å². The molecule has 0 spiro atoms. The highest BCUT2D eigenvalue weighted by molar-refractivity contribution is 5.25. The molecule has 1 aliphatic carbocycles. The molecule has 2 rings (SSSR count). The maximum Gasteiger partial charge on any atom is 0.269 e. The van der Waals surface area contributed by atoms with Gasteiger partial charge in [-0.1, -0.05) is 33.6 Å². The van der Waals surface area contributed by atoms with Crippen LogP contribution in [0.4, 0.5) is 0 Å². The van der Waals surface area contributed by atoms with E-state index in [0.29, 0.717) is 18.8 Å². The molecule has 0 amide bonds. The first kappa shape index (κ1) is 14.9. The molecule has 110 valence electrons. The van der Waals surface area contributed by atoms with Crippen molar-refractivity contribution in [2.45, 2.75) is 71.3 Å². The summed E-state index contributed by atoms with van der Waals surface area (Å²) >= 11 is 0. The fourth-order valence-corrected chi connectivity index (χ4v) is 3.14. The van der Waals surface area contributed by atoms with Crippen molar-refractivity contribution in [3.8, 4) is 6.07 Å². The fraction of sp³-hybridized carbons (Fsp3) is 0.750. The van der Waals surface area contributed by atoms with Crippen LogP contribution in [0.5, 0.6) is 0 Å².